The maximum atomic E-state index is 4.13. The van der Waals surface area contributed by atoms with Gasteiger partial charge >= 0.3 is 0 Å². The van der Waals surface area contributed by atoms with Gasteiger partial charge in [0.1, 0.15) is 0 Å². The van der Waals surface area contributed by atoms with Crippen molar-refractivity contribution in [3.05, 3.63) is 71.1 Å². The normalized spacial score (nSPS) is 14.5. The van der Waals surface area contributed by atoms with Gasteiger partial charge in [-0.3, -0.25) is 4.98 Å². The van der Waals surface area contributed by atoms with Gasteiger partial charge in [-0.25, -0.2) is 0 Å². The highest BCUT2D eigenvalue weighted by Crippen LogP contribution is 2.22. The Morgan fingerprint density at radius 3 is 2.79 bits per heavy atom. The van der Waals surface area contributed by atoms with E-state index in [9.17, 15) is 0 Å². The van der Waals surface area contributed by atoms with Crippen LogP contribution in [-0.4, -0.2) is 4.98 Å². The van der Waals surface area contributed by atoms with Crippen LogP contribution in [-0.2, 0) is 19.3 Å². The lowest BCUT2D eigenvalue weighted by Crippen LogP contribution is -2.02. The van der Waals surface area contributed by atoms with Gasteiger partial charge in [-0.2, -0.15) is 0 Å². The molecule has 1 heteroatoms. The summed E-state index contributed by atoms with van der Waals surface area (Å²) in [5.41, 5.74) is 5.69. The van der Waals surface area contributed by atoms with Gasteiger partial charge in [0, 0.05) is 12.4 Å². The third-order valence-corrected chi connectivity index (χ3v) is 3.76. The molecule has 1 aliphatic carbocycles. The molecule has 1 heterocycles. The van der Waals surface area contributed by atoms with E-state index in [0.717, 1.165) is 6.42 Å². The summed E-state index contributed by atoms with van der Waals surface area (Å²) in [6.45, 7) is 0. The van der Waals surface area contributed by atoms with E-state index < -0.39 is 0 Å². The average Bonchev–Trinajstić information content (AvgIpc) is 2.48. The van der Waals surface area contributed by atoms with Crippen molar-refractivity contribution in [3.8, 4) is 0 Å². The molecule has 0 bridgehead atoms. The summed E-state index contributed by atoms with van der Waals surface area (Å²) in [5, 5.41) is 0. The fourth-order valence-electron chi connectivity index (χ4n) is 2.71. The number of rotatable bonds is 3. The summed E-state index contributed by atoms with van der Waals surface area (Å²) in [6, 6.07) is 11.0. The van der Waals surface area contributed by atoms with E-state index in [2.05, 4.69) is 41.4 Å². The van der Waals surface area contributed by atoms with Crippen LogP contribution in [0.15, 0.2) is 48.8 Å². The Morgan fingerprint density at radius 2 is 1.95 bits per heavy atom. The molecule has 0 amide bonds. The van der Waals surface area contributed by atoms with Crippen LogP contribution in [0.3, 0.4) is 0 Å². The maximum Gasteiger partial charge on any atom is 0.0303 e. The highest BCUT2D eigenvalue weighted by atomic mass is 14.6. The van der Waals surface area contributed by atoms with Crippen molar-refractivity contribution in [2.24, 2.45) is 0 Å². The van der Waals surface area contributed by atoms with E-state index in [1.165, 1.54) is 36.8 Å². The lowest BCUT2D eigenvalue weighted by Gasteiger charge is -2.15. The second kappa shape index (κ2) is 5.83. The molecule has 0 radical (unpaired) electrons. The minimum absolute atomic E-state index is 0.949. The summed E-state index contributed by atoms with van der Waals surface area (Å²) < 4.78 is 0. The van der Waals surface area contributed by atoms with E-state index in [4.69, 9.17) is 0 Å². The van der Waals surface area contributed by atoms with Crippen molar-refractivity contribution in [1.29, 1.82) is 0 Å². The fraction of sp³-hybridized carbons (Fsp3) is 0.278. The Labute approximate surface area is 115 Å². The molecular formula is C18H19N. The second-order valence-corrected chi connectivity index (χ2v) is 5.20. The average molecular weight is 249 g/mol. The molecule has 0 N–H and O–H groups in total. The van der Waals surface area contributed by atoms with Gasteiger partial charge in [0.25, 0.3) is 0 Å². The Balaban J connectivity index is 1.69. The zero-order chi connectivity index (χ0) is 12.9. The highest BCUT2D eigenvalue weighted by molar-refractivity contribution is 5.52. The van der Waals surface area contributed by atoms with Crippen molar-refractivity contribution in [2.75, 3.05) is 0 Å². The first-order chi connectivity index (χ1) is 9.42. The first-order valence-electron chi connectivity index (χ1n) is 7.09. The quantitative estimate of drug-likeness (QED) is 0.793. The predicted octanol–water partition coefficient (Wildman–Crippen LogP) is 4.22. The van der Waals surface area contributed by atoms with Gasteiger partial charge in [-0.1, -0.05) is 36.4 Å². The van der Waals surface area contributed by atoms with Gasteiger partial charge in [0.2, 0.25) is 0 Å². The zero-order valence-electron chi connectivity index (χ0n) is 11.2. The minimum Gasteiger partial charge on any atom is -0.264 e. The molecule has 0 spiro atoms. The van der Waals surface area contributed by atoms with Gasteiger partial charge in [-0.15, -0.1) is 0 Å². The number of aromatic nitrogens is 1. The molecular weight excluding hydrogens is 230 g/mol. The number of hydrogen-bond donors (Lipinski definition) is 0. The van der Waals surface area contributed by atoms with E-state index in [0.29, 0.717) is 0 Å². The molecule has 0 aliphatic heterocycles. The van der Waals surface area contributed by atoms with Crippen molar-refractivity contribution < 1.29 is 0 Å². The Kier molecular flexibility index (Phi) is 3.73. The number of hydrogen-bond acceptors (Lipinski definition) is 1. The van der Waals surface area contributed by atoms with Crippen molar-refractivity contribution >= 4 is 6.08 Å². The van der Waals surface area contributed by atoms with Crippen LogP contribution in [0.2, 0.25) is 0 Å². The van der Waals surface area contributed by atoms with E-state index in [1.807, 2.05) is 18.5 Å². The molecule has 1 aliphatic rings. The number of pyridine rings is 1. The van der Waals surface area contributed by atoms with Crippen LogP contribution in [0.1, 0.15) is 35.1 Å². The Hall–Kier alpha value is -1.89. The van der Waals surface area contributed by atoms with Gasteiger partial charge < -0.3 is 0 Å². The van der Waals surface area contributed by atoms with Crippen molar-refractivity contribution in [2.45, 2.75) is 32.1 Å². The maximum absolute atomic E-state index is 4.13. The molecule has 1 aromatic heterocycles. The SMILES string of the molecule is C(=Cc1ccc2c(c1)CCCC2)Cc1cccnc1. The zero-order valence-corrected chi connectivity index (χ0v) is 11.2. The molecule has 3 rings (SSSR count). The van der Waals surface area contributed by atoms with Crippen molar-refractivity contribution in [3.63, 3.8) is 0 Å². The van der Waals surface area contributed by atoms with E-state index >= 15 is 0 Å². The highest BCUT2D eigenvalue weighted by Gasteiger charge is 2.08. The number of nitrogens with zero attached hydrogens (tertiary/aromatic N) is 1. The lowest BCUT2D eigenvalue weighted by molar-refractivity contribution is 0.685. The largest absolute Gasteiger partial charge is 0.264 e. The molecule has 0 saturated heterocycles. The number of fused-ring (bicyclic) bond motifs is 1. The van der Waals surface area contributed by atoms with Gasteiger partial charge in [0.15, 0.2) is 0 Å². The van der Waals surface area contributed by atoms with Crippen LogP contribution < -0.4 is 0 Å². The van der Waals surface area contributed by atoms with Crippen LogP contribution >= 0.6 is 0 Å². The Bertz CT molecular complexity index is 569. The van der Waals surface area contributed by atoms with Crippen LogP contribution in [0.25, 0.3) is 6.08 Å². The third-order valence-electron chi connectivity index (χ3n) is 3.76. The topological polar surface area (TPSA) is 12.9 Å². The third kappa shape index (κ3) is 3.11. The van der Waals surface area contributed by atoms with Gasteiger partial charge in [0.05, 0.1) is 0 Å². The molecule has 0 fully saturated rings. The first-order valence-corrected chi connectivity index (χ1v) is 7.09. The van der Waals surface area contributed by atoms with Crippen LogP contribution in [0, 0.1) is 0 Å². The first kappa shape index (κ1) is 12.2. The molecule has 1 aromatic carbocycles. The number of aryl methyl sites for hydroxylation is 2. The number of benzene rings is 1. The Morgan fingerprint density at radius 1 is 1.05 bits per heavy atom. The molecule has 2 aromatic rings. The molecule has 0 unspecified atom stereocenters. The summed E-state index contributed by atoms with van der Waals surface area (Å²) in [6.07, 6.45) is 14.3. The lowest BCUT2D eigenvalue weighted by atomic mass is 9.90. The van der Waals surface area contributed by atoms with Crippen LogP contribution in [0.4, 0.5) is 0 Å². The van der Waals surface area contributed by atoms with Crippen LogP contribution in [0.5, 0.6) is 0 Å². The molecule has 0 atom stereocenters. The number of allylic oxidation sites excluding steroid dienone is 1. The molecule has 0 saturated carbocycles. The predicted molar refractivity (Wildman–Crippen MR) is 80.1 cm³/mol. The molecule has 19 heavy (non-hydrogen) atoms. The smallest absolute Gasteiger partial charge is 0.0303 e. The summed E-state index contributed by atoms with van der Waals surface area (Å²) in [4.78, 5) is 4.13. The standard InChI is InChI=1S/C18H19N/c1-2-9-18-13-15(10-11-17(18)8-1)5-3-6-16-7-4-12-19-14-16/h3-5,7,10-14H,1-2,6,8-9H2. The molecule has 1 nitrogen and oxygen atoms in total. The summed E-state index contributed by atoms with van der Waals surface area (Å²) >= 11 is 0. The minimum atomic E-state index is 0.949. The van der Waals surface area contributed by atoms with Crippen molar-refractivity contribution in [1.82, 2.24) is 4.98 Å². The monoisotopic (exact) mass is 249 g/mol. The van der Waals surface area contributed by atoms with E-state index in [-0.39, 0.29) is 0 Å². The van der Waals surface area contributed by atoms with E-state index in [1.54, 1.807) is 11.1 Å². The second-order valence-electron chi connectivity index (χ2n) is 5.20. The summed E-state index contributed by atoms with van der Waals surface area (Å²) in [5.74, 6) is 0. The summed E-state index contributed by atoms with van der Waals surface area (Å²) in [7, 11) is 0. The fourth-order valence-corrected chi connectivity index (χ4v) is 2.71. The molecule has 96 valence electrons. The van der Waals surface area contributed by atoms with Gasteiger partial charge in [-0.05, 0) is 60.4 Å².